The van der Waals surface area contributed by atoms with Crippen LogP contribution in [0.4, 0.5) is 5.69 Å². The molecule has 2 unspecified atom stereocenters. The van der Waals surface area contributed by atoms with E-state index in [4.69, 9.17) is 0 Å². The summed E-state index contributed by atoms with van der Waals surface area (Å²) < 4.78 is 0. The predicted molar refractivity (Wildman–Crippen MR) is 99.0 cm³/mol. The average Bonchev–Trinajstić information content (AvgIpc) is 2.60. The third-order valence-electron chi connectivity index (χ3n) is 3.82. The van der Waals surface area contributed by atoms with Gasteiger partial charge < -0.3 is 15.7 Å². The summed E-state index contributed by atoms with van der Waals surface area (Å²) in [6.45, 7) is 3.96. The minimum Gasteiger partial charge on any atom is -0.393 e. The summed E-state index contributed by atoms with van der Waals surface area (Å²) in [5, 5.41) is 14.6. The molecule has 132 valence electrons. The van der Waals surface area contributed by atoms with Crippen LogP contribution in [0.25, 0.3) is 11.1 Å². The largest absolute Gasteiger partial charge is 0.393 e. The maximum absolute atomic E-state index is 12.2. The topological polar surface area (TPSA) is 78.4 Å². The molecule has 2 amide bonds. The van der Waals surface area contributed by atoms with Crippen molar-refractivity contribution in [3.63, 3.8) is 0 Å². The lowest BCUT2D eigenvalue weighted by Crippen LogP contribution is -2.38. The number of hydrogen-bond acceptors (Lipinski definition) is 3. The second kappa shape index (κ2) is 8.99. The Kier molecular flexibility index (Phi) is 6.71. The first-order valence-electron chi connectivity index (χ1n) is 8.39. The number of hydrogen-bond donors (Lipinski definition) is 3. The molecule has 5 nitrogen and oxygen atoms in total. The molecular weight excluding hydrogens is 316 g/mol. The van der Waals surface area contributed by atoms with Gasteiger partial charge in [0.1, 0.15) is 0 Å². The fourth-order valence-electron chi connectivity index (χ4n) is 2.65. The Bertz CT molecular complexity index is 714. The van der Waals surface area contributed by atoms with E-state index >= 15 is 0 Å². The Morgan fingerprint density at radius 3 is 2.28 bits per heavy atom. The molecule has 0 saturated heterocycles. The SMILES string of the molecule is CC(O)CC(C)CNC(=O)C(=O)Nc1ccccc1-c1ccccc1. The number of aliphatic hydroxyl groups is 1. The van der Waals surface area contributed by atoms with E-state index < -0.39 is 17.9 Å². The van der Waals surface area contributed by atoms with Gasteiger partial charge in [-0.2, -0.15) is 0 Å². The highest BCUT2D eigenvalue weighted by atomic mass is 16.3. The Morgan fingerprint density at radius 1 is 0.960 bits per heavy atom. The molecule has 0 aromatic heterocycles. The standard InChI is InChI=1S/C20H24N2O3/c1-14(12-15(2)23)13-21-19(24)20(25)22-18-11-7-6-10-17(18)16-8-4-3-5-9-16/h3-11,14-15,23H,12-13H2,1-2H3,(H,21,24)(H,22,25). The van der Waals surface area contributed by atoms with Crippen LogP contribution in [0.1, 0.15) is 20.3 Å². The zero-order chi connectivity index (χ0) is 18.2. The molecule has 25 heavy (non-hydrogen) atoms. The number of rotatable bonds is 6. The highest BCUT2D eigenvalue weighted by Crippen LogP contribution is 2.27. The Balaban J connectivity index is 2.00. The maximum atomic E-state index is 12.2. The molecule has 0 heterocycles. The van der Waals surface area contributed by atoms with Crippen molar-refractivity contribution in [2.24, 2.45) is 5.92 Å². The summed E-state index contributed by atoms with van der Waals surface area (Å²) in [7, 11) is 0. The highest BCUT2D eigenvalue weighted by molar-refractivity contribution is 6.39. The number of nitrogens with one attached hydrogen (secondary N) is 2. The number of benzene rings is 2. The molecule has 0 radical (unpaired) electrons. The van der Waals surface area contributed by atoms with Gasteiger partial charge in [0.2, 0.25) is 0 Å². The second-order valence-electron chi connectivity index (χ2n) is 6.27. The van der Waals surface area contributed by atoms with Crippen molar-refractivity contribution in [1.29, 1.82) is 0 Å². The number of carbonyl (C=O) groups excluding carboxylic acids is 2. The normalized spacial score (nSPS) is 12.9. The van der Waals surface area contributed by atoms with Gasteiger partial charge in [0.05, 0.1) is 6.10 Å². The molecule has 0 aliphatic rings. The van der Waals surface area contributed by atoms with Crippen LogP contribution in [0, 0.1) is 5.92 Å². The third kappa shape index (κ3) is 5.72. The minimum absolute atomic E-state index is 0.0911. The van der Waals surface area contributed by atoms with Crippen molar-refractivity contribution in [2.45, 2.75) is 26.4 Å². The summed E-state index contributed by atoms with van der Waals surface area (Å²) in [6, 6.07) is 17.0. The number of amides is 2. The van der Waals surface area contributed by atoms with E-state index in [1.807, 2.05) is 55.5 Å². The van der Waals surface area contributed by atoms with Crippen molar-refractivity contribution in [2.75, 3.05) is 11.9 Å². The molecule has 0 spiro atoms. The van der Waals surface area contributed by atoms with Gasteiger partial charge in [0.15, 0.2) is 0 Å². The summed E-state index contributed by atoms with van der Waals surface area (Å²) >= 11 is 0. The van der Waals surface area contributed by atoms with E-state index in [1.165, 1.54) is 0 Å². The van der Waals surface area contributed by atoms with Crippen LogP contribution in [0.3, 0.4) is 0 Å². The van der Waals surface area contributed by atoms with Gasteiger partial charge in [-0.3, -0.25) is 9.59 Å². The summed E-state index contributed by atoms with van der Waals surface area (Å²) in [6.07, 6.45) is 0.136. The lowest BCUT2D eigenvalue weighted by atomic mass is 10.0. The van der Waals surface area contributed by atoms with E-state index in [0.717, 1.165) is 11.1 Å². The van der Waals surface area contributed by atoms with Crippen LogP contribution in [0.2, 0.25) is 0 Å². The summed E-state index contributed by atoms with van der Waals surface area (Å²) in [5.41, 5.74) is 2.40. The van der Waals surface area contributed by atoms with Crippen LogP contribution < -0.4 is 10.6 Å². The molecule has 0 fully saturated rings. The van der Waals surface area contributed by atoms with Crippen molar-refractivity contribution in [1.82, 2.24) is 5.32 Å². The fraction of sp³-hybridized carbons (Fsp3) is 0.300. The molecule has 2 aromatic rings. The fourth-order valence-corrected chi connectivity index (χ4v) is 2.65. The molecule has 3 N–H and O–H groups in total. The van der Waals surface area contributed by atoms with E-state index in [2.05, 4.69) is 10.6 Å². The van der Waals surface area contributed by atoms with Gasteiger partial charge in [0.25, 0.3) is 0 Å². The molecule has 2 atom stereocenters. The third-order valence-corrected chi connectivity index (χ3v) is 3.82. The van der Waals surface area contributed by atoms with Gasteiger partial charge in [-0.15, -0.1) is 0 Å². The van der Waals surface area contributed by atoms with E-state index in [9.17, 15) is 14.7 Å². The Hall–Kier alpha value is -2.66. The molecule has 2 aromatic carbocycles. The molecule has 0 aliphatic carbocycles. The number of para-hydroxylation sites is 1. The molecular formula is C20H24N2O3. The summed E-state index contributed by atoms with van der Waals surface area (Å²) in [4.78, 5) is 24.2. The first-order valence-corrected chi connectivity index (χ1v) is 8.39. The Labute approximate surface area is 148 Å². The van der Waals surface area contributed by atoms with Crippen molar-refractivity contribution in [3.8, 4) is 11.1 Å². The molecule has 5 heteroatoms. The van der Waals surface area contributed by atoms with Crippen molar-refractivity contribution < 1.29 is 14.7 Å². The van der Waals surface area contributed by atoms with Gasteiger partial charge in [0, 0.05) is 17.8 Å². The van der Waals surface area contributed by atoms with Crippen molar-refractivity contribution >= 4 is 17.5 Å². The monoisotopic (exact) mass is 340 g/mol. The lowest BCUT2D eigenvalue weighted by molar-refractivity contribution is -0.136. The quantitative estimate of drug-likeness (QED) is 0.708. The van der Waals surface area contributed by atoms with Crippen LogP contribution in [-0.2, 0) is 9.59 Å². The van der Waals surface area contributed by atoms with Gasteiger partial charge in [-0.25, -0.2) is 0 Å². The first-order chi connectivity index (χ1) is 12.0. The van der Waals surface area contributed by atoms with Gasteiger partial charge >= 0.3 is 11.8 Å². The predicted octanol–water partition coefficient (Wildman–Crippen LogP) is 2.82. The van der Waals surface area contributed by atoms with Crippen LogP contribution in [-0.4, -0.2) is 29.6 Å². The van der Waals surface area contributed by atoms with Gasteiger partial charge in [-0.1, -0.05) is 55.5 Å². The number of aliphatic hydroxyl groups excluding tert-OH is 1. The lowest BCUT2D eigenvalue weighted by Gasteiger charge is -2.15. The van der Waals surface area contributed by atoms with E-state index in [-0.39, 0.29) is 5.92 Å². The van der Waals surface area contributed by atoms with E-state index in [1.54, 1.807) is 13.0 Å². The average molecular weight is 340 g/mol. The summed E-state index contributed by atoms with van der Waals surface area (Å²) in [5.74, 6) is -1.29. The molecule has 0 aliphatic heterocycles. The van der Waals surface area contributed by atoms with Crippen LogP contribution >= 0.6 is 0 Å². The van der Waals surface area contributed by atoms with E-state index in [0.29, 0.717) is 18.7 Å². The smallest absolute Gasteiger partial charge is 0.313 e. The first kappa shape index (κ1) is 18.7. The highest BCUT2D eigenvalue weighted by Gasteiger charge is 2.17. The second-order valence-corrected chi connectivity index (χ2v) is 6.27. The van der Waals surface area contributed by atoms with Crippen LogP contribution in [0.15, 0.2) is 54.6 Å². The zero-order valence-corrected chi connectivity index (χ0v) is 14.5. The Morgan fingerprint density at radius 2 is 1.60 bits per heavy atom. The van der Waals surface area contributed by atoms with Crippen LogP contribution in [0.5, 0.6) is 0 Å². The molecule has 0 saturated carbocycles. The van der Waals surface area contributed by atoms with Crippen molar-refractivity contribution in [3.05, 3.63) is 54.6 Å². The maximum Gasteiger partial charge on any atom is 0.313 e. The zero-order valence-electron chi connectivity index (χ0n) is 14.5. The minimum atomic E-state index is -0.701. The number of anilines is 1. The molecule has 0 bridgehead atoms. The van der Waals surface area contributed by atoms with Gasteiger partial charge in [-0.05, 0) is 30.9 Å². The molecule has 2 rings (SSSR count). The number of carbonyl (C=O) groups is 2.